The molecule has 0 fully saturated rings. The Morgan fingerprint density at radius 3 is 2.42 bits per heavy atom. The molecule has 0 aliphatic rings. The molecule has 0 spiro atoms. The van der Waals surface area contributed by atoms with E-state index in [1.54, 1.807) is 13.7 Å². The van der Waals surface area contributed by atoms with Gasteiger partial charge in [-0.3, -0.25) is 0 Å². The summed E-state index contributed by atoms with van der Waals surface area (Å²) in [5, 5.41) is 18.8. The third-order valence-corrected chi connectivity index (χ3v) is 11.4. The average molecular weight is 375 g/mol. The maximum Gasteiger partial charge on any atom is 0.357 e. The fourth-order valence-corrected chi connectivity index (χ4v) is 9.50. The van der Waals surface area contributed by atoms with Crippen LogP contribution in [-0.2, 0) is 13.3 Å². The number of aliphatic hydroxyl groups excluding tert-OH is 2. The first-order valence-electron chi connectivity index (χ1n) is 8.29. The number of hydrogen-bond acceptors (Lipinski definition) is 6. The minimum absolute atomic E-state index is 0.113. The number of ether oxygens (including phenoxy) is 1. The zero-order valence-electron chi connectivity index (χ0n) is 14.8. The van der Waals surface area contributed by atoms with E-state index in [4.69, 9.17) is 18.4 Å². The lowest BCUT2D eigenvalue weighted by atomic mass is 10.4. The predicted molar refractivity (Wildman–Crippen MR) is 97.6 cm³/mol. The Kier molecular flexibility index (Phi) is 9.31. The summed E-state index contributed by atoms with van der Waals surface area (Å²) in [6, 6.07) is 10.9. The first-order chi connectivity index (χ1) is 11.4. The van der Waals surface area contributed by atoms with Crippen LogP contribution >= 0.6 is 0 Å². The molecule has 0 heterocycles. The minimum atomic E-state index is -3.03. The van der Waals surface area contributed by atoms with Crippen molar-refractivity contribution in [1.29, 1.82) is 0 Å². The molecule has 1 aromatic rings. The van der Waals surface area contributed by atoms with Crippen molar-refractivity contribution < 1.29 is 28.3 Å². The molecule has 3 atom stereocenters. The van der Waals surface area contributed by atoms with Gasteiger partial charge >= 0.3 is 17.1 Å². The molecular formula is C16H30O6Si2. The number of aliphatic hydroxyl groups is 2. The van der Waals surface area contributed by atoms with Gasteiger partial charge < -0.3 is 28.3 Å². The Morgan fingerprint density at radius 2 is 1.88 bits per heavy atom. The molecular weight excluding hydrogens is 344 g/mol. The minimum Gasteiger partial charge on any atom is -0.411 e. The first-order valence-corrected chi connectivity index (χ1v) is 12.9. The second-order valence-electron chi connectivity index (χ2n) is 5.93. The Balaban J connectivity index is 2.60. The van der Waals surface area contributed by atoms with Crippen LogP contribution in [0.3, 0.4) is 0 Å². The van der Waals surface area contributed by atoms with Crippen LogP contribution in [-0.4, -0.2) is 65.2 Å². The average Bonchev–Trinajstić information content (AvgIpc) is 2.60. The zero-order chi connectivity index (χ0) is 18.1. The highest BCUT2D eigenvalue weighted by molar-refractivity contribution is 6.87. The molecule has 0 amide bonds. The van der Waals surface area contributed by atoms with E-state index in [9.17, 15) is 9.90 Å². The van der Waals surface area contributed by atoms with Gasteiger partial charge in [-0.25, -0.2) is 0 Å². The number of hydrogen-bond donors (Lipinski definition) is 3. The van der Waals surface area contributed by atoms with E-state index in [1.165, 1.54) is 0 Å². The van der Waals surface area contributed by atoms with Gasteiger partial charge in [-0.2, -0.15) is 0 Å². The summed E-state index contributed by atoms with van der Waals surface area (Å²) < 4.78 is 17.3. The van der Waals surface area contributed by atoms with Gasteiger partial charge in [0.15, 0.2) is 0 Å². The lowest BCUT2D eigenvalue weighted by molar-refractivity contribution is 0.00615. The van der Waals surface area contributed by atoms with Crippen molar-refractivity contribution in [3.8, 4) is 0 Å². The molecule has 1 rings (SSSR count). The van der Waals surface area contributed by atoms with Crippen molar-refractivity contribution >= 4 is 22.3 Å². The zero-order valence-corrected chi connectivity index (χ0v) is 16.8. The van der Waals surface area contributed by atoms with Crippen molar-refractivity contribution in [3.05, 3.63) is 30.3 Å². The lowest BCUT2D eigenvalue weighted by Crippen LogP contribution is -2.58. The van der Waals surface area contributed by atoms with Crippen molar-refractivity contribution in [3.63, 3.8) is 0 Å². The summed E-state index contributed by atoms with van der Waals surface area (Å²) in [6.45, 7) is 4.05. The summed E-state index contributed by atoms with van der Waals surface area (Å²) in [5.74, 6) is 0. The third-order valence-electron chi connectivity index (χ3n) is 3.97. The van der Waals surface area contributed by atoms with Gasteiger partial charge in [-0.1, -0.05) is 37.3 Å². The third kappa shape index (κ3) is 6.73. The monoisotopic (exact) mass is 374 g/mol. The normalized spacial score (nSPS) is 17.9. The molecule has 0 saturated carbocycles. The molecule has 1 aromatic carbocycles. The van der Waals surface area contributed by atoms with Crippen LogP contribution in [0.1, 0.15) is 13.3 Å². The summed E-state index contributed by atoms with van der Waals surface area (Å²) in [7, 11) is -3.91. The van der Waals surface area contributed by atoms with Gasteiger partial charge in [0.25, 0.3) is 0 Å². The van der Waals surface area contributed by atoms with Crippen molar-refractivity contribution in [1.82, 2.24) is 0 Å². The van der Waals surface area contributed by atoms with Crippen molar-refractivity contribution in [2.75, 3.05) is 26.9 Å². The van der Waals surface area contributed by atoms with Crippen molar-refractivity contribution in [2.45, 2.75) is 38.1 Å². The molecule has 8 heteroatoms. The molecule has 6 nitrogen and oxygen atoms in total. The molecule has 0 radical (unpaired) electrons. The molecule has 0 bridgehead atoms. The quantitative estimate of drug-likeness (QED) is 0.371. The summed E-state index contributed by atoms with van der Waals surface area (Å²) >= 11 is 0. The highest BCUT2D eigenvalue weighted by Gasteiger charge is 2.43. The molecule has 0 aliphatic heterocycles. The van der Waals surface area contributed by atoms with Gasteiger partial charge in [-0.05, 0) is 30.2 Å². The highest BCUT2D eigenvalue weighted by atomic mass is 28.5. The Labute approximate surface area is 146 Å². The maximum absolute atomic E-state index is 10.9. The number of rotatable bonds is 12. The van der Waals surface area contributed by atoms with E-state index in [0.29, 0.717) is 19.1 Å². The van der Waals surface area contributed by atoms with Gasteiger partial charge in [0.05, 0.1) is 13.2 Å². The van der Waals surface area contributed by atoms with Crippen molar-refractivity contribution in [2.24, 2.45) is 0 Å². The largest absolute Gasteiger partial charge is 0.411 e. The summed E-state index contributed by atoms with van der Waals surface area (Å²) in [6.07, 6.45) is -0.131. The Bertz CT molecular complexity index is 453. The number of benzene rings is 1. The van der Waals surface area contributed by atoms with Gasteiger partial charge in [-0.15, -0.1) is 0 Å². The lowest BCUT2D eigenvalue weighted by Gasteiger charge is -2.35. The molecule has 24 heavy (non-hydrogen) atoms. The fraction of sp³-hybridized carbons (Fsp3) is 0.625. The van der Waals surface area contributed by atoms with Crippen LogP contribution in [0, 0.1) is 0 Å². The molecule has 138 valence electrons. The molecule has 3 unspecified atom stereocenters. The highest BCUT2D eigenvalue weighted by Crippen LogP contribution is 2.24. The van der Waals surface area contributed by atoms with E-state index in [1.807, 2.05) is 37.3 Å². The van der Waals surface area contributed by atoms with E-state index in [0.717, 1.165) is 11.2 Å². The maximum atomic E-state index is 10.9. The SMILES string of the molecule is CC[Si](CCCOCC(O)CO)(OC)O[Si](C)(O)c1ccccc1. The Morgan fingerprint density at radius 1 is 1.21 bits per heavy atom. The standard InChI is InChI=1S/C16H30O6Si2/c1-4-24(20-2,12-8-11-21-14-15(18)13-17)22-23(3,19)16-9-6-5-7-10-16/h5-7,9-10,15,17-19H,4,8,11-14H2,1-3H3. The molecule has 3 N–H and O–H groups in total. The van der Waals surface area contributed by atoms with Crippen LogP contribution in [0.5, 0.6) is 0 Å². The van der Waals surface area contributed by atoms with Crippen LogP contribution in [0.4, 0.5) is 0 Å². The topological polar surface area (TPSA) is 88.4 Å². The van der Waals surface area contributed by atoms with E-state index < -0.39 is 23.2 Å². The molecule has 0 saturated heterocycles. The van der Waals surface area contributed by atoms with Gasteiger partial charge in [0.2, 0.25) is 0 Å². The first kappa shape index (κ1) is 21.5. The van der Waals surface area contributed by atoms with Crippen LogP contribution in [0.25, 0.3) is 0 Å². The predicted octanol–water partition coefficient (Wildman–Crippen LogP) is 0.843. The van der Waals surface area contributed by atoms with Crippen LogP contribution < -0.4 is 5.19 Å². The Hall–Kier alpha value is -0.586. The van der Waals surface area contributed by atoms with E-state index in [2.05, 4.69) is 0 Å². The van der Waals surface area contributed by atoms with Crippen LogP contribution in [0.15, 0.2) is 30.3 Å². The van der Waals surface area contributed by atoms with E-state index in [-0.39, 0.29) is 13.2 Å². The van der Waals surface area contributed by atoms with Gasteiger partial charge in [0, 0.05) is 13.7 Å². The van der Waals surface area contributed by atoms with Gasteiger partial charge in [0.1, 0.15) is 6.10 Å². The van der Waals surface area contributed by atoms with E-state index >= 15 is 0 Å². The molecule has 0 aromatic heterocycles. The molecule has 0 aliphatic carbocycles. The smallest absolute Gasteiger partial charge is 0.357 e. The second kappa shape index (κ2) is 10.4. The summed E-state index contributed by atoms with van der Waals surface area (Å²) in [5.41, 5.74) is 0. The summed E-state index contributed by atoms with van der Waals surface area (Å²) in [4.78, 5) is 10.9. The second-order valence-corrected chi connectivity index (χ2v) is 12.7. The van der Waals surface area contributed by atoms with Crippen LogP contribution in [0.2, 0.25) is 18.6 Å². The fourth-order valence-electron chi connectivity index (χ4n) is 2.47.